The Morgan fingerprint density at radius 2 is 0.980 bits per heavy atom. The van der Waals surface area contributed by atoms with E-state index in [0.717, 1.165) is 27.6 Å². The first kappa shape index (κ1) is 31.0. The Morgan fingerprint density at radius 1 is 0.549 bits per heavy atom. The van der Waals surface area contributed by atoms with Gasteiger partial charge in [-0.1, -0.05) is 42.5 Å². The van der Waals surface area contributed by atoms with Crippen LogP contribution in [0, 0.1) is 42.7 Å². The summed E-state index contributed by atoms with van der Waals surface area (Å²) in [4.78, 5) is 7.18. The molecule has 2 heterocycles. The van der Waals surface area contributed by atoms with Gasteiger partial charge in [-0.05, 0) is 90.3 Å². The van der Waals surface area contributed by atoms with E-state index in [-0.39, 0.29) is 5.56 Å². The molecule has 0 radical (unpaired) electrons. The fourth-order valence-corrected chi connectivity index (χ4v) is 7.03. The number of aryl methyl sites for hydroxylation is 1. The quantitative estimate of drug-likeness (QED) is 0.176. The third kappa shape index (κ3) is 4.85. The smallest absolute Gasteiger partial charge is 0.310 e. The molecular formula is C42H21F3N6. The molecule has 240 valence electrons. The number of hydrogen-bond acceptors (Lipinski definition) is 2. The lowest BCUT2D eigenvalue weighted by Crippen LogP contribution is -2.09. The maximum absolute atomic E-state index is 14.9. The molecule has 2 aromatic heterocycles. The third-order valence-electron chi connectivity index (χ3n) is 9.35. The Kier molecular flexibility index (Phi) is 6.91. The molecule has 0 fully saturated rings. The number of alkyl halides is 3. The fraction of sp³-hybridized carbons (Fsp3) is 0.0476. The van der Waals surface area contributed by atoms with Gasteiger partial charge >= 0.3 is 6.18 Å². The second-order valence-electron chi connectivity index (χ2n) is 12.2. The largest absolute Gasteiger partial charge is 0.417 e. The summed E-state index contributed by atoms with van der Waals surface area (Å²) < 4.78 is 48.3. The zero-order valence-corrected chi connectivity index (χ0v) is 26.7. The van der Waals surface area contributed by atoms with Gasteiger partial charge in [-0.15, -0.1) is 0 Å². The van der Waals surface area contributed by atoms with E-state index in [1.807, 2.05) is 34.9 Å². The van der Waals surface area contributed by atoms with Crippen LogP contribution < -0.4 is 0 Å². The second-order valence-corrected chi connectivity index (χ2v) is 12.2. The second kappa shape index (κ2) is 11.4. The summed E-state index contributed by atoms with van der Waals surface area (Å²) in [5, 5.41) is 22.7. The van der Waals surface area contributed by atoms with Gasteiger partial charge in [0.2, 0.25) is 0 Å². The van der Waals surface area contributed by atoms with Crippen LogP contribution in [0.25, 0.3) is 75.8 Å². The Hall–Kier alpha value is -7.33. The number of halogens is 3. The van der Waals surface area contributed by atoms with Crippen molar-refractivity contribution in [2.24, 2.45) is 0 Å². The van der Waals surface area contributed by atoms with Crippen molar-refractivity contribution in [3.8, 4) is 34.6 Å². The molecule has 0 aliphatic heterocycles. The maximum Gasteiger partial charge on any atom is 0.417 e. The van der Waals surface area contributed by atoms with Crippen LogP contribution in [0.1, 0.15) is 22.3 Å². The average molecular weight is 667 g/mol. The van der Waals surface area contributed by atoms with Crippen molar-refractivity contribution in [2.45, 2.75) is 13.1 Å². The molecule has 0 N–H and O–H groups in total. The highest BCUT2D eigenvalue weighted by Crippen LogP contribution is 2.43. The van der Waals surface area contributed by atoms with Gasteiger partial charge in [0.1, 0.15) is 0 Å². The van der Waals surface area contributed by atoms with Crippen molar-refractivity contribution in [1.82, 2.24) is 9.13 Å². The Labute approximate surface area is 289 Å². The van der Waals surface area contributed by atoms with Crippen LogP contribution in [0.4, 0.5) is 24.5 Å². The van der Waals surface area contributed by atoms with Gasteiger partial charge in [0.25, 0.3) is 0 Å². The molecular weight excluding hydrogens is 645 g/mol. The van der Waals surface area contributed by atoms with E-state index in [1.54, 1.807) is 72.2 Å². The van der Waals surface area contributed by atoms with Crippen LogP contribution in [0.2, 0.25) is 0 Å². The minimum atomic E-state index is -4.69. The highest BCUT2D eigenvalue weighted by Gasteiger charge is 2.34. The van der Waals surface area contributed by atoms with E-state index >= 15 is 0 Å². The molecule has 6 aromatic carbocycles. The number of nitriles is 2. The van der Waals surface area contributed by atoms with Gasteiger partial charge in [0.05, 0.1) is 53.0 Å². The summed E-state index contributed by atoms with van der Waals surface area (Å²) in [6.45, 7) is 17.0. The van der Waals surface area contributed by atoms with Crippen molar-refractivity contribution in [3.05, 3.63) is 154 Å². The topological polar surface area (TPSA) is 66.2 Å². The zero-order chi connectivity index (χ0) is 35.6. The SMILES string of the molecule is [C-]#[N+]c1ccc2c3ccc(C#N)cc3n(-c3ccc(C)c(-c4cc(-n5c6cc(C#N)ccc6c6ccc([N+]#[C-])cc65)ccc4C(F)(F)F)c3)c2c1. The van der Waals surface area contributed by atoms with Gasteiger partial charge in [0.15, 0.2) is 11.4 Å². The standard InChI is InChI=1S/C42H21F3N6/c1-24-4-9-29(50-38-16-25(22-46)5-11-31(38)33-13-7-27(48-2)18-40(33)50)20-35(24)36-21-30(10-15-37(36)42(43,44)45)51-39-17-26(23-47)6-12-32(39)34-14-8-28(49-3)19-41(34)51/h4-21H,1H3. The number of rotatable bonds is 3. The van der Waals surface area contributed by atoms with Gasteiger partial charge in [-0.25, -0.2) is 9.69 Å². The molecule has 0 saturated carbocycles. The summed E-state index contributed by atoms with van der Waals surface area (Å²) in [6, 6.07) is 34.6. The van der Waals surface area contributed by atoms with E-state index in [2.05, 4.69) is 21.8 Å². The van der Waals surface area contributed by atoms with Gasteiger partial charge in [-0.2, -0.15) is 23.7 Å². The van der Waals surface area contributed by atoms with Crippen LogP contribution in [-0.2, 0) is 6.18 Å². The van der Waals surface area contributed by atoms with Gasteiger partial charge < -0.3 is 9.13 Å². The third-order valence-corrected chi connectivity index (χ3v) is 9.35. The summed E-state index contributed by atoms with van der Waals surface area (Å²) in [7, 11) is 0. The molecule has 0 saturated heterocycles. The average Bonchev–Trinajstić information content (AvgIpc) is 3.65. The lowest BCUT2D eigenvalue weighted by Gasteiger charge is -2.19. The lowest BCUT2D eigenvalue weighted by atomic mass is 9.94. The van der Waals surface area contributed by atoms with Crippen molar-refractivity contribution in [1.29, 1.82) is 10.5 Å². The molecule has 0 unspecified atom stereocenters. The van der Waals surface area contributed by atoms with Gasteiger partial charge in [0, 0.05) is 44.0 Å². The minimum absolute atomic E-state index is 0.0487. The zero-order valence-electron chi connectivity index (χ0n) is 26.7. The van der Waals surface area contributed by atoms with E-state index in [1.165, 1.54) is 12.1 Å². The predicted octanol–water partition coefficient (Wildman–Crippen LogP) is 11.7. The van der Waals surface area contributed by atoms with Crippen molar-refractivity contribution in [3.63, 3.8) is 0 Å². The number of aromatic nitrogens is 2. The van der Waals surface area contributed by atoms with Crippen LogP contribution in [-0.4, -0.2) is 9.13 Å². The number of hydrogen-bond donors (Lipinski definition) is 0. The van der Waals surface area contributed by atoms with E-state index in [9.17, 15) is 23.7 Å². The number of benzene rings is 6. The predicted molar refractivity (Wildman–Crippen MR) is 192 cm³/mol. The lowest BCUT2D eigenvalue weighted by molar-refractivity contribution is -0.137. The maximum atomic E-state index is 14.9. The highest BCUT2D eigenvalue weighted by molar-refractivity contribution is 6.11. The molecule has 51 heavy (non-hydrogen) atoms. The highest BCUT2D eigenvalue weighted by atomic mass is 19.4. The molecule has 0 aliphatic carbocycles. The Morgan fingerprint density at radius 3 is 1.43 bits per heavy atom. The van der Waals surface area contributed by atoms with Crippen molar-refractivity contribution in [2.75, 3.05) is 0 Å². The van der Waals surface area contributed by atoms with Crippen LogP contribution in [0.5, 0.6) is 0 Å². The van der Waals surface area contributed by atoms with Crippen LogP contribution in [0.15, 0.2) is 109 Å². The summed E-state index contributed by atoms with van der Waals surface area (Å²) in [5.41, 5.74) is 5.25. The molecule has 9 heteroatoms. The molecule has 8 aromatic rings. The number of fused-ring (bicyclic) bond motifs is 6. The van der Waals surface area contributed by atoms with Crippen molar-refractivity contribution >= 4 is 55.0 Å². The Balaban J connectivity index is 1.43. The van der Waals surface area contributed by atoms with E-state index in [0.29, 0.717) is 67.1 Å². The molecule has 8 rings (SSSR count). The first-order valence-corrected chi connectivity index (χ1v) is 15.7. The molecule has 0 atom stereocenters. The Bertz CT molecular complexity index is 2830. The van der Waals surface area contributed by atoms with Crippen LogP contribution in [0.3, 0.4) is 0 Å². The summed E-state index contributed by atoms with van der Waals surface area (Å²) >= 11 is 0. The normalized spacial score (nSPS) is 11.5. The minimum Gasteiger partial charge on any atom is -0.310 e. The molecule has 0 spiro atoms. The molecule has 0 amide bonds. The monoisotopic (exact) mass is 666 g/mol. The molecule has 6 nitrogen and oxygen atoms in total. The summed E-state index contributed by atoms with van der Waals surface area (Å²) in [6.07, 6.45) is -4.69. The van der Waals surface area contributed by atoms with Gasteiger partial charge in [-0.3, -0.25) is 0 Å². The molecule has 0 aliphatic rings. The first-order chi connectivity index (χ1) is 24.6. The van der Waals surface area contributed by atoms with Crippen molar-refractivity contribution < 1.29 is 13.2 Å². The fourth-order valence-electron chi connectivity index (χ4n) is 7.03. The number of nitrogens with zero attached hydrogens (tertiary/aromatic N) is 6. The first-order valence-electron chi connectivity index (χ1n) is 15.7. The van der Waals surface area contributed by atoms with E-state index < -0.39 is 11.7 Å². The summed E-state index contributed by atoms with van der Waals surface area (Å²) in [5.74, 6) is 0. The van der Waals surface area contributed by atoms with Crippen LogP contribution >= 0.6 is 0 Å². The van der Waals surface area contributed by atoms with E-state index in [4.69, 9.17) is 13.1 Å². The molecule has 0 bridgehead atoms.